The van der Waals surface area contributed by atoms with Crippen molar-refractivity contribution in [2.24, 2.45) is 0 Å². The third-order valence-electron chi connectivity index (χ3n) is 3.55. The summed E-state index contributed by atoms with van der Waals surface area (Å²) < 4.78 is 39.5. The number of rotatable bonds is 4. The molecule has 2 heterocycles. The number of nitrogens with one attached hydrogen (secondary N) is 1. The Morgan fingerprint density at radius 2 is 2.04 bits per heavy atom. The van der Waals surface area contributed by atoms with Crippen LogP contribution in [0.2, 0.25) is 5.02 Å². The Hall–Kier alpha value is -1.86. The second kappa shape index (κ2) is 6.57. The van der Waals surface area contributed by atoms with Gasteiger partial charge in [-0.25, -0.2) is 9.97 Å². The average Bonchev–Trinajstić information content (AvgIpc) is 2.97. The predicted octanol–water partition coefficient (Wildman–Crippen LogP) is 5.41. The van der Waals surface area contributed by atoms with Gasteiger partial charge in [-0.15, -0.1) is 11.3 Å². The van der Waals surface area contributed by atoms with Crippen molar-refractivity contribution >= 4 is 39.0 Å². The first kappa shape index (κ1) is 17.0. The second-order valence-electron chi connectivity index (χ2n) is 5.41. The lowest BCUT2D eigenvalue weighted by Crippen LogP contribution is -2.21. The van der Waals surface area contributed by atoms with Gasteiger partial charge in [0.1, 0.15) is 17.0 Å². The number of thiophene rings is 1. The van der Waals surface area contributed by atoms with Crippen molar-refractivity contribution in [2.45, 2.75) is 25.6 Å². The normalized spacial score (nSPS) is 13.2. The summed E-state index contributed by atoms with van der Waals surface area (Å²) in [6, 6.07) is 5.50. The number of aromatic nitrogens is 2. The molecule has 24 heavy (non-hydrogen) atoms. The predicted molar refractivity (Wildman–Crippen MR) is 90.7 cm³/mol. The molecule has 0 amide bonds. The first-order valence-electron chi connectivity index (χ1n) is 7.15. The van der Waals surface area contributed by atoms with E-state index in [0.717, 1.165) is 16.3 Å². The summed E-state index contributed by atoms with van der Waals surface area (Å²) in [6.45, 7) is 1.81. The van der Waals surface area contributed by atoms with E-state index >= 15 is 0 Å². The first-order valence-corrected chi connectivity index (χ1v) is 8.40. The molecule has 0 aliphatic carbocycles. The Balaban J connectivity index is 1.83. The highest BCUT2D eigenvalue weighted by Gasteiger charge is 2.33. The minimum absolute atomic E-state index is 0.0717. The fourth-order valence-electron chi connectivity index (χ4n) is 2.51. The number of nitrogens with zero attached hydrogens (tertiary/aromatic N) is 2. The molecule has 1 N–H and O–H groups in total. The summed E-state index contributed by atoms with van der Waals surface area (Å²) in [5.74, 6) is 0.622. The number of alkyl halides is 3. The van der Waals surface area contributed by atoms with Crippen LogP contribution in [0.3, 0.4) is 0 Å². The van der Waals surface area contributed by atoms with Crippen LogP contribution < -0.4 is 5.32 Å². The molecule has 3 rings (SSSR count). The largest absolute Gasteiger partial charge is 0.416 e. The van der Waals surface area contributed by atoms with E-state index < -0.39 is 11.7 Å². The smallest absolute Gasteiger partial charge is 0.367 e. The van der Waals surface area contributed by atoms with Gasteiger partial charge >= 0.3 is 6.18 Å². The monoisotopic (exact) mass is 371 g/mol. The molecule has 1 atom stereocenters. The summed E-state index contributed by atoms with van der Waals surface area (Å²) >= 11 is 7.20. The summed E-state index contributed by atoms with van der Waals surface area (Å²) in [5, 5.41) is 6.00. The van der Waals surface area contributed by atoms with Crippen molar-refractivity contribution in [3.8, 4) is 0 Å². The molecular formula is C16H13ClF3N3S. The van der Waals surface area contributed by atoms with Gasteiger partial charge in [-0.1, -0.05) is 17.7 Å². The third-order valence-corrected chi connectivity index (χ3v) is 4.60. The molecule has 0 bridgehead atoms. The van der Waals surface area contributed by atoms with E-state index in [-0.39, 0.29) is 23.0 Å². The molecular weight excluding hydrogens is 359 g/mol. The van der Waals surface area contributed by atoms with Crippen molar-refractivity contribution in [2.75, 3.05) is 5.32 Å². The quantitative estimate of drug-likeness (QED) is 0.666. The van der Waals surface area contributed by atoms with Crippen LogP contribution in [0.4, 0.5) is 19.0 Å². The molecule has 8 heteroatoms. The topological polar surface area (TPSA) is 37.8 Å². The molecule has 3 aromatic rings. The second-order valence-corrected chi connectivity index (χ2v) is 6.74. The highest BCUT2D eigenvalue weighted by Crippen LogP contribution is 2.34. The standard InChI is InChI=1S/C16H13ClF3N3S/c1-9(23-14-12-4-5-24-15(12)22-8-21-14)6-10-2-3-11(17)7-13(10)16(18,19)20/h2-5,7-9H,6H2,1H3,(H,21,22,23). The fraction of sp³-hybridized carbons (Fsp3) is 0.250. The molecule has 0 aliphatic rings. The lowest BCUT2D eigenvalue weighted by Gasteiger charge is -2.18. The van der Waals surface area contributed by atoms with E-state index in [4.69, 9.17) is 11.6 Å². The van der Waals surface area contributed by atoms with Gasteiger partial charge in [-0.05, 0) is 42.5 Å². The van der Waals surface area contributed by atoms with Crippen LogP contribution in [0.1, 0.15) is 18.1 Å². The Morgan fingerprint density at radius 3 is 2.79 bits per heavy atom. The summed E-state index contributed by atoms with van der Waals surface area (Å²) in [7, 11) is 0. The molecule has 1 unspecified atom stereocenters. The van der Waals surface area contributed by atoms with E-state index in [0.29, 0.717) is 5.82 Å². The van der Waals surface area contributed by atoms with E-state index in [1.807, 2.05) is 18.4 Å². The lowest BCUT2D eigenvalue weighted by atomic mass is 10.0. The molecule has 0 radical (unpaired) electrons. The Morgan fingerprint density at radius 1 is 1.25 bits per heavy atom. The van der Waals surface area contributed by atoms with E-state index in [1.165, 1.54) is 29.8 Å². The Bertz CT molecular complexity index is 863. The number of hydrogen-bond donors (Lipinski definition) is 1. The van der Waals surface area contributed by atoms with Gasteiger partial charge in [0.2, 0.25) is 0 Å². The number of anilines is 1. The van der Waals surface area contributed by atoms with Crippen molar-refractivity contribution in [3.05, 3.63) is 52.1 Å². The van der Waals surface area contributed by atoms with Crippen LogP contribution in [-0.4, -0.2) is 16.0 Å². The van der Waals surface area contributed by atoms with Crippen molar-refractivity contribution in [3.63, 3.8) is 0 Å². The molecule has 1 aromatic carbocycles. The van der Waals surface area contributed by atoms with Gasteiger partial charge < -0.3 is 5.32 Å². The molecule has 0 aliphatic heterocycles. The maximum atomic E-state index is 13.2. The molecule has 3 nitrogen and oxygen atoms in total. The van der Waals surface area contributed by atoms with Gasteiger partial charge in [0.05, 0.1) is 10.9 Å². The first-order chi connectivity index (χ1) is 11.3. The SMILES string of the molecule is CC(Cc1ccc(Cl)cc1C(F)(F)F)Nc1ncnc2sccc12. The lowest BCUT2D eigenvalue weighted by molar-refractivity contribution is -0.138. The highest BCUT2D eigenvalue weighted by atomic mass is 35.5. The van der Waals surface area contributed by atoms with Crippen LogP contribution in [0.15, 0.2) is 36.0 Å². The van der Waals surface area contributed by atoms with E-state index in [2.05, 4.69) is 15.3 Å². The summed E-state index contributed by atoms with van der Waals surface area (Å²) in [5.41, 5.74) is -0.505. The number of benzene rings is 1. The van der Waals surface area contributed by atoms with E-state index in [1.54, 1.807) is 0 Å². The van der Waals surface area contributed by atoms with Gasteiger partial charge in [0.15, 0.2) is 0 Å². The van der Waals surface area contributed by atoms with Gasteiger partial charge in [0.25, 0.3) is 0 Å². The molecule has 0 spiro atoms. The van der Waals surface area contributed by atoms with Crippen LogP contribution >= 0.6 is 22.9 Å². The van der Waals surface area contributed by atoms with Crippen LogP contribution in [0, 0.1) is 0 Å². The number of halogens is 4. The van der Waals surface area contributed by atoms with Crippen LogP contribution in [0.25, 0.3) is 10.2 Å². The maximum Gasteiger partial charge on any atom is 0.416 e. The minimum Gasteiger partial charge on any atom is -0.367 e. The zero-order chi connectivity index (χ0) is 17.3. The van der Waals surface area contributed by atoms with Gasteiger partial charge in [-0.2, -0.15) is 13.2 Å². The molecule has 0 fully saturated rings. The Kier molecular flexibility index (Phi) is 4.64. The molecule has 0 saturated carbocycles. The van der Waals surface area contributed by atoms with E-state index in [9.17, 15) is 13.2 Å². The van der Waals surface area contributed by atoms with Crippen molar-refractivity contribution in [1.82, 2.24) is 9.97 Å². The average molecular weight is 372 g/mol. The zero-order valence-electron chi connectivity index (χ0n) is 12.6. The third kappa shape index (κ3) is 3.62. The van der Waals surface area contributed by atoms with Gasteiger partial charge in [-0.3, -0.25) is 0 Å². The number of fused-ring (bicyclic) bond motifs is 1. The van der Waals surface area contributed by atoms with Crippen LogP contribution in [-0.2, 0) is 12.6 Å². The maximum absolute atomic E-state index is 13.2. The number of hydrogen-bond acceptors (Lipinski definition) is 4. The highest BCUT2D eigenvalue weighted by molar-refractivity contribution is 7.16. The molecule has 0 saturated heterocycles. The van der Waals surface area contributed by atoms with Crippen molar-refractivity contribution < 1.29 is 13.2 Å². The molecule has 2 aromatic heterocycles. The minimum atomic E-state index is -4.44. The fourth-order valence-corrected chi connectivity index (χ4v) is 3.41. The van der Waals surface area contributed by atoms with Crippen LogP contribution in [0.5, 0.6) is 0 Å². The van der Waals surface area contributed by atoms with Gasteiger partial charge in [0, 0.05) is 11.1 Å². The van der Waals surface area contributed by atoms with Crippen molar-refractivity contribution in [1.29, 1.82) is 0 Å². The molecule has 126 valence electrons. The summed E-state index contributed by atoms with van der Waals surface area (Å²) in [4.78, 5) is 9.18. The zero-order valence-corrected chi connectivity index (χ0v) is 14.1. The summed E-state index contributed by atoms with van der Waals surface area (Å²) in [6.07, 6.45) is -2.80. The Labute approximate surface area is 145 Å².